The minimum Gasteiger partial charge on any atom is -0.507 e. The van der Waals surface area contributed by atoms with E-state index in [-0.39, 0.29) is 16.9 Å². The first kappa shape index (κ1) is 15.7. The Morgan fingerprint density at radius 3 is 2.62 bits per heavy atom. The van der Waals surface area contributed by atoms with Crippen molar-refractivity contribution >= 4 is 17.4 Å². The van der Waals surface area contributed by atoms with Crippen LogP contribution in [0.1, 0.15) is 17.2 Å². The number of carbonyl (C=O) groups excluding carboxylic acids is 2. The predicted molar refractivity (Wildman–Crippen MR) is 84.8 cm³/mol. The van der Waals surface area contributed by atoms with E-state index in [2.05, 4.69) is 5.32 Å². The highest BCUT2D eigenvalue weighted by Gasteiger charge is 2.40. The molecule has 1 atom stereocenters. The number of hydrogen-bond donors (Lipinski definition) is 2. The first-order valence-electron chi connectivity index (χ1n) is 7.20. The monoisotopic (exact) mass is 327 g/mol. The Balaban J connectivity index is 2.15. The number of benzene rings is 2. The van der Waals surface area contributed by atoms with Crippen LogP contribution in [0.5, 0.6) is 5.75 Å². The summed E-state index contributed by atoms with van der Waals surface area (Å²) in [6, 6.07) is 11.1. The zero-order chi connectivity index (χ0) is 17.3. The number of methoxy groups -OCH3 is 1. The molecular weight excluding hydrogens is 313 g/mol. The number of ketones is 1. The van der Waals surface area contributed by atoms with Crippen molar-refractivity contribution in [1.29, 1.82) is 0 Å². The Bertz CT molecular complexity index is 860. The van der Waals surface area contributed by atoms with Gasteiger partial charge in [-0.05, 0) is 18.2 Å². The maximum atomic E-state index is 14.1. The lowest BCUT2D eigenvalue weighted by atomic mass is 9.95. The smallest absolute Gasteiger partial charge is 0.293 e. The summed E-state index contributed by atoms with van der Waals surface area (Å²) < 4.78 is 19.2. The normalized spacial score (nSPS) is 19.2. The summed E-state index contributed by atoms with van der Waals surface area (Å²) in [5.74, 6) is -2.25. The van der Waals surface area contributed by atoms with Gasteiger partial charge >= 0.3 is 0 Å². The van der Waals surface area contributed by atoms with E-state index in [1.54, 1.807) is 24.3 Å². The van der Waals surface area contributed by atoms with Gasteiger partial charge in [-0.3, -0.25) is 9.59 Å². The van der Waals surface area contributed by atoms with Gasteiger partial charge < -0.3 is 15.2 Å². The number of halogens is 1. The van der Waals surface area contributed by atoms with Crippen molar-refractivity contribution in [2.75, 3.05) is 7.11 Å². The zero-order valence-corrected chi connectivity index (χ0v) is 12.7. The number of aliphatic hydroxyl groups is 1. The standard InChI is InChI=1S/C18H14FNO4/c1-24-11-6-4-5-10(9-11)16(21)14-15(20-18(23)17(14)22)12-7-2-3-8-13(12)19/h2-9,15,21H,1H3,(H,20,23)/t15-/m0/s1. The van der Waals surface area contributed by atoms with Gasteiger partial charge in [-0.1, -0.05) is 30.3 Å². The molecule has 1 amide bonds. The van der Waals surface area contributed by atoms with Gasteiger partial charge in [0.2, 0.25) is 0 Å². The van der Waals surface area contributed by atoms with Gasteiger partial charge in [0.25, 0.3) is 11.7 Å². The fourth-order valence-corrected chi connectivity index (χ4v) is 2.63. The summed E-state index contributed by atoms with van der Waals surface area (Å²) in [6.07, 6.45) is 0. The number of ether oxygens (including phenoxy) is 1. The second-order valence-electron chi connectivity index (χ2n) is 5.25. The van der Waals surface area contributed by atoms with Crippen LogP contribution in [0.15, 0.2) is 54.1 Å². The predicted octanol–water partition coefficient (Wildman–Crippen LogP) is 2.54. The average molecular weight is 327 g/mol. The third kappa shape index (κ3) is 2.62. The summed E-state index contributed by atoms with van der Waals surface area (Å²) in [6.45, 7) is 0. The molecule has 0 spiro atoms. The maximum absolute atomic E-state index is 14.1. The van der Waals surface area contributed by atoms with Crippen LogP contribution < -0.4 is 10.1 Å². The molecular formula is C18H14FNO4. The Hall–Kier alpha value is -3.15. The molecule has 5 nitrogen and oxygen atoms in total. The molecule has 2 aromatic carbocycles. The third-order valence-corrected chi connectivity index (χ3v) is 3.83. The topological polar surface area (TPSA) is 75.6 Å². The van der Waals surface area contributed by atoms with E-state index in [1.165, 1.54) is 31.4 Å². The zero-order valence-electron chi connectivity index (χ0n) is 12.7. The Labute approximate surface area is 137 Å². The second kappa shape index (κ2) is 6.16. The molecule has 1 aliphatic rings. The fourth-order valence-electron chi connectivity index (χ4n) is 2.63. The largest absolute Gasteiger partial charge is 0.507 e. The molecule has 0 aromatic heterocycles. The third-order valence-electron chi connectivity index (χ3n) is 3.83. The highest BCUT2D eigenvalue weighted by molar-refractivity contribution is 6.46. The Morgan fingerprint density at radius 2 is 1.92 bits per heavy atom. The lowest BCUT2D eigenvalue weighted by molar-refractivity contribution is -0.133. The van der Waals surface area contributed by atoms with E-state index < -0.39 is 23.5 Å². The Kier molecular flexibility index (Phi) is 4.04. The van der Waals surface area contributed by atoms with Crippen molar-refractivity contribution in [2.24, 2.45) is 0 Å². The molecule has 0 aliphatic carbocycles. The number of Topliss-reactive ketones (excluding diaryl/α,β-unsaturated/α-hetero) is 1. The average Bonchev–Trinajstić information content (AvgIpc) is 2.89. The highest BCUT2D eigenvalue weighted by Crippen LogP contribution is 2.34. The summed E-state index contributed by atoms with van der Waals surface area (Å²) >= 11 is 0. The SMILES string of the molecule is COc1cccc(C(O)=C2C(=O)C(=O)N[C@H]2c2ccccc2F)c1. The first-order valence-corrected chi connectivity index (χ1v) is 7.20. The van der Waals surface area contributed by atoms with Crippen LogP contribution in [0.2, 0.25) is 0 Å². The van der Waals surface area contributed by atoms with Crippen LogP contribution in [-0.2, 0) is 9.59 Å². The van der Waals surface area contributed by atoms with Gasteiger partial charge in [-0.25, -0.2) is 4.39 Å². The molecule has 1 heterocycles. The van der Waals surface area contributed by atoms with Crippen LogP contribution in [0.25, 0.3) is 5.76 Å². The van der Waals surface area contributed by atoms with Gasteiger partial charge in [-0.15, -0.1) is 0 Å². The number of nitrogens with one attached hydrogen (secondary N) is 1. The molecule has 24 heavy (non-hydrogen) atoms. The van der Waals surface area contributed by atoms with E-state index in [9.17, 15) is 19.1 Å². The van der Waals surface area contributed by atoms with E-state index in [1.807, 2.05) is 0 Å². The quantitative estimate of drug-likeness (QED) is 0.516. The number of hydrogen-bond acceptors (Lipinski definition) is 4. The molecule has 0 radical (unpaired) electrons. The molecule has 2 aromatic rings. The minimum absolute atomic E-state index is 0.112. The molecule has 1 aliphatic heterocycles. The molecule has 6 heteroatoms. The van der Waals surface area contributed by atoms with Crippen molar-refractivity contribution in [2.45, 2.75) is 6.04 Å². The molecule has 3 rings (SSSR count). The van der Waals surface area contributed by atoms with Gasteiger partial charge in [0, 0.05) is 11.1 Å². The fraction of sp³-hybridized carbons (Fsp3) is 0.111. The summed E-state index contributed by atoms with van der Waals surface area (Å²) in [5.41, 5.74) is 0.232. The van der Waals surface area contributed by atoms with Crippen LogP contribution in [0.4, 0.5) is 4.39 Å². The molecule has 0 bridgehead atoms. The van der Waals surface area contributed by atoms with E-state index in [4.69, 9.17) is 4.74 Å². The number of aliphatic hydroxyl groups excluding tert-OH is 1. The van der Waals surface area contributed by atoms with E-state index >= 15 is 0 Å². The van der Waals surface area contributed by atoms with Crippen molar-refractivity contribution < 1.29 is 23.8 Å². The van der Waals surface area contributed by atoms with Crippen LogP contribution >= 0.6 is 0 Å². The summed E-state index contributed by atoms with van der Waals surface area (Å²) in [7, 11) is 1.47. The van der Waals surface area contributed by atoms with E-state index in [0.29, 0.717) is 11.3 Å². The van der Waals surface area contributed by atoms with Crippen LogP contribution in [0.3, 0.4) is 0 Å². The van der Waals surface area contributed by atoms with Crippen LogP contribution in [-0.4, -0.2) is 23.9 Å². The summed E-state index contributed by atoms with van der Waals surface area (Å²) in [5, 5.41) is 13.0. The number of rotatable bonds is 3. The van der Waals surface area contributed by atoms with Crippen molar-refractivity contribution in [1.82, 2.24) is 5.32 Å². The first-order chi connectivity index (χ1) is 11.5. The molecule has 1 saturated heterocycles. The minimum atomic E-state index is -1.04. The van der Waals surface area contributed by atoms with Crippen LogP contribution in [0, 0.1) is 5.82 Å². The summed E-state index contributed by atoms with van der Waals surface area (Å²) in [4.78, 5) is 24.0. The van der Waals surface area contributed by atoms with E-state index in [0.717, 1.165) is 0 Å². The molecule has 2 N–H and O–H groups in total. The number of carbonyl (C=O) groups is 2. The van der Waals surface area contributed by atoms with Gasteiger partial charge in [0.15, 0.2) is 0 Å². The van der Waals surface area contributed by atoms with Gasteiger partial charge in [0.05, 0.1) is 18.7 Å². The van der Waals surface area contributed by atoms with Crippen molar-refractivity contribution in [3.8, 4) is 5.75 Å². The second-order valence-corrected chi connectivity index (χ2v) is 5.25. The van der Waals surface area contributed by atoms with Crippen molar-refractivity contribution in [3.05, 3.63) is 71.0 Å². The number of amides is 1. The van der Waals surface area contributed by atoms with Gasteiger partial charge in [-0.2, -0.15) is 0 Å². The maximum Gasteiger partial charge on any atom is 0.293 e. The molecule has 1 fully saturated rings. The van der Waals surface area contributed by atoms with Gasteiger partial charge in [0.1, 0.15) is 17.3 Å². The molecule has 0 saturated carbocycles. The lowest BCUT2D eigenvalue weighted by Crippen LogP contribution is -2.21. The highest BCUT2D eigenvalue weighted by atomic mass is 19.1. The molecule has 0 unspecified atom stereocenters. The Morgan fingerprint density at radius 1 is 1.17 bits per heavy atom. The van der Waals surface area contributed by atoms with Crippen molar-refractivity contribution in [3.63, 3.8) is 0 Å². The molecule has 122 valence electrons. The lowest BCUT2D eigenvalue weighted by Gasteiger charge is -2.14.